The fraction of sp³-hybridized carbons (Fsp3) is 0.389. The van der Waals surface area contributed by atoms with Gasteiger partial charge in [-0.1, -0.05) is 0 Å². The summed E-state index contributed by atoms with van der Waals surface area (Å²) >= 11 is 1.23. The predicted octanol–water partition coefficient (Wildman–Crippen LogP) is 2.20. The lowest BCUT2D eigenvalue weighted by atomic mass is 10.2. The molecule has 0 radical (unpaired) electrons. The molecule has 0 saturated carbocycles. The van der Waals surface area contributed by atoms with Crippen LogP contribution in [0.4, 0.5) is 9.52 Å². The molecule has 1 N–H and O–H groups in total. The molecule has 0 unspecified atom stereocenters. The molecule has 0 bridgehead atoms. The summed E-state index contributed by atoms with van der Waals surface area (Å²) in [7, 11) is 3.16. The number of anilines is 1. The molecule has 146 valence electrons. The number of nitrogens with zero attached hydrogens (tertiary/aromatic N) is 2. The molecule has 2 aromatic rings. The van der Waals surface area contributed by atoms with E-state index in [4.69, 9.17) is 9.47 Å². The molecule has 0 fully saturated rings. The molecule has 0 saturated heterocycles. The highest BCUT2D eigenvalue weighted by Crippen LogP contribution is 2.17. The minimum Gasteiger partial charge on any atom is -0.383 e. The SMILES string of the molecule is COCCN(CCOC)C(=O)Cc1csc(NC(=O)c2ccc(F)cc2)n1. The maximum atomic E-state index is 12.9. The Kier molecular flexibility index (Phi) is 8.31. The fourth-order valence-corrected chi connectivity index (χ4v) is 2.95. The van der Waals surface area contributed by atoms with Crippen LogP contribution in [0.1, 0.15) is 16.1 Å². The van der Waals surface area contributed by atoms with E-state index in [1.807, 2.05) is 0 Å². The van der Waals surface area contributed by atoms with E-state index in [1.54, 1.807) is 24.5 Å². The average Bonchev–Trinajstić information content (AvgIpc) is 3.09. The summed E-state index contributed by atoms with van der Waals surface area (Å²) in [5, 5.41) is 4.76. The average molecular weight is 395 g/mol. The Hall–Kier alpha value is -2.36. The fourth-order valence-electron chi connectivity index (χ4n) is 2.25. The number of hydrogen-bond acceptors (Lipinski definition) is 6. The second-order valence-electron chi connectivity index (χ2n) is 5.65. The quantitative estimate of drug-likeness (QED) is 0.667. The summed E-state index contributed by atoms with van der Waals surface area (Å²) < 4.78 is 23.0. The lowest BCUT2D eigenvalue weighted by Crippen LogP contribution is -2.37. The van der Waals surface area contributed by atoms with Crippen molar-refractivity contribution in [2.75, 3.05) is 45.8 Å². The first-order valence-corrected chi connectivity index (χ1v) is 9.18. The Bertz CT molecular complexity index is 743. The monoisotopic (exact) mass is 395 g/mol. The molecule has 0 aliphatic carbocycles. The van der Waals surface area contributed by atoms with Crippen LogP contribution in [0.15, 0.2) is 29.6 Å². The van der Waals surface area contributed by atoms with Crippen molar-refractivity contribution in [2.24, 2.45) is 0 Å². The van der Waals surface area contributed by atoms with Crippen molar-refractivity contribution in [1.29, 1.82) is 0 Å². The standard InChI is InChI=1S/C18H22FN3O4S/c1-25-9-7-22(8-10-26-2)16(23)11-15-12-27-18(20-15)21-17(24)13-3-5-14(19)6-4-13/h3-6,12H,7-11H2,1-2H3,(H,20,21,24). The van der Waals surface area contributed by atoms with Crippen molar-refractivity contribution in [3.63, 3.8) is 0 Å². The van der Waals surface area contributed by atoms with Crippen LogP contribution in [0.5, 0.6) is 0 Å². The summed E-state index contributed by atoms with van der Waals surface area (Å²) in [6.45, 7) is 1.81. The number of benzene rings is 1. The van der Waals surface area contributed by atoms with Gasteiger partial charge in [-0.2, -0.15) is 0 Å². The first-order chi connectivity index (χ1) is 13.0. The van der Waals surface area contributed by atoms with E-state index in [2.05, 4.69) is 10.3 Å². The second-order valence-corrected chi connectivity index (χ2v) is 6.51. The molecule has 1 heterocycles. The molecule has 27 heavy (non-hydrogen) atoms. The van der Waals surface area contributed by atoms with Gasteiger partial charge in [-0.3, -0.25) is 14.9 Å². The van der Waals surface area contributed by atoms with Crippen LogP contribution in [0, 0.1) is 5.82 Å². The van der Waals surface area contributed by atoms with Gasteiger partial charge in [0, 0.05) is 38.3 Å². The van der Waals surface area contributed by atoms with Crippen molar-refractivity contribution in [3.8, 4) is 0 Å². The number of carbonyl (C=O) groups is 2. The van der Waals surface area contributed by atoms with Crippen molar-refractivity contribution < 1.29 is 23.5 Å². The second kappa shape index (κ2) is 10.7. The normalized spacial score (nSPS) is 10.6. The summed E-state index contributed by atoms with van der Waals surface area (Å²) in [6, 6.07) is 5.23. The summed E-state index contributed by atoms with van der Waals surface area (Å²) in [5.41, 5.74) is 0.897. The Morgan fingerprint density at radius 2 is 1.78 bits per heavy atom. The Morgan fingerprint density at radius 1 is 1.15 bits per heavy atom. The highest BCUT2D eigenvalue weighted by Gasteiger charge is 2.16. The highest BCUT2D eigenvalue weighted by molar-refractivity contribution is 7.14. The molecule has 2 amide bonds. The van der Waals surface area contributed by atoms with Crippen molar-refractivity contribution >= 4 is 28.3 Å². The zero-order chi connectivity index (χ0) is 19.6. The maximum Gasteiger partial charge on any atom is 0.257 e. The van der Waals surface area contributed by atoms with Crippen LogP contribution in [-0.2, 0) is 20.7 Å². The van der Waals surface area contributed by atoms with E-state index in [0.29, 0.717) is 42.7 Å². The van der Waals surface area contributed by atoms with Gasteiger partial charge in [0.2, 0.25) is 5.91 Å². The number of nitrogens with one attached hydrogen (secondary N) is 1. The third kappa shape index (κ3) is 6.70. The molecule has 1 aromatic carbocycles. The first kappa shape index (κ1) is 20.9. The number of hydrogen-bond donors (Lipinski definition) is 1. The predicted molar refractivity (Wildman–Crippen MR) is 101 cm³/mol. The number of amides is 2. The summed E-state index contributed by atoms with van der Waals surface area (Å²) in [4.78, 5) is 30.5. The van der Waals surface area contributed by atoms with Gasteiger partial charge < -0.3 is 14.4 Å². The molecule has 9 heteroatoms. The van der Waals surface area contributed by atoms with Crippen LogP contribution < -0.4 is 5.32 Å². The number of aromatic nitrogens is 1. The van der Waals surface area contributed by atoms with Gasteiger partial charge in [-0.15, -0.1) is 11.3 Å². The maximum absolute atomic E-state index is 12.9. The number of thiazole rings is 1. The molecular formula is C18H22FN3O4S. The zero-order valence-corrected chi connectivity index (χ0v) is 16.1. The van der Waals surface area contributed by atoms with E-state index in [-0.39, 0.29) is 18.2 Å². The van der Waals surface area contributed by atoms with Gasteiger partial charge in [-0.05, 0) is 24.3 Å². The summed E-state index contributed by atoms with van der Waals surface area (Å²) in [5.74, 6) is -0.886. The van der Waals surface area contributed by atoms with Gasteiger partial charge >= 0.3 is 0 Å². The van der Waals surface area contributed by atoms with Crippen LogP contribution in [-0.4, -0.2) is 62.2 Å². The summed E-state index contributed by atoms with van der Waals surface area (Å²) in [6.07, 6.45) is 0.121. The minimum atomic E-state index is -0.409. The molecular weight excluding hydrogens is 373 g/mol. The van der Waals surface area contributed by atoms with E-state index in [0.717, 1.165) is 0 Å². The van der Waals surface area contributed by atoms with Crippen LogP contribution in [0.3, 0.4) is 0 Å². The van der Waals surface area contributed by atoms with Crippen LogP contribution in [0.25, 0.3) is 0 Å². The molecule has 0 atom stereocenters. The van der Waals surface area contributed by atoms with Crippen molar-refractivity contribution in [3.05, 3.63) is 46.7 Å². The van der Waals surface area contributed by atoms with Gasteiger partial charge in [0.25, 0.3) is 5.91 Å². The van der Waals surface area contributed by atoms with Gasteiger partial charge in [-0.25, -0.2) is 9.37 Å². The van der Waals surface area contributed by atoms with Gasteiger partial charge in [0.15, 0.2) is 5.13 Å². The molecule has 1 aromatic heterocycles. The topological polar surface area (TPSA) is 80.8 Å². The zero-order valence-electron chi connectivity index (χ0n) is 15.2. The number of methoxy groups -OCH3 is 2. The minimum absolute atomic E-state index is 0.0918. The molecule has 0 aliphatic heterocycles. The van der Waals surface area contributed by atoms with Gasteiger partial charge in [0.1, 0.15) is 5.82 Å². The number of carbonyl (C=O) groups excluding carboxylic acids is 2. The third-order valence-electron chi connectivity index (χ3n) is 3.69. The smallest absolute Gasteiger partial charge is 0.257 e. The molecule has 0 spiro atoms. The van der Waals surface area contributed by atoms with Crippen molar-refractivity contribution in [2.45, 2.75) is 6.42 Å². The first-order valence-electron chi connectivity index (χ1n) is 8.30. The van der Waals surface area contributed by atoms with E-state index in [9.17, 15) is 14.0 Å². The van der Waals surface area contributed by atoms with E-state index < -0.39 is 5.82 Å². The molecule has 2 rings (SSSR count). The molecule has 7 nitrogen and oxygen atoms in total. The number of ether oxygens (including phenoxy) is 2. The highest BCUT2D eigenvalue weighted by atomic mass is 32.1. The van der Waals surface area contributed by atoms with E-state index in [1.165, 1.54) is 35.6 Å². The van der Waals surface area contributed by atoms with Crippen molar-refractivity contribution in [1.82, 2.24) is 9.88 Å². The van der Waals surface area contributed by atoms with E-state index >= 15 is 0 Å². The van der Waals surface area contributed by atoms with Crippen LogP contribution >= 0.6 is 11.3 Å². The van der Waals surface area contributed by atoms with Gasteiger partial charge in [0.05, 0.1) is 25.3 Å². The lowest BCUT2D eigenvalue weighted by molar-refractivity contribution is -0.131. The Balaban J connectivity index is 1.94. The molecule has 0 aliphatic rings. The number of halogens is 1. The number of rotatable bonds is 10. The Morgan fingerprint density at radius 3 is 2.37 bits per heavy atom. The Labute approximate surface area is 161 Å². The van der Waals surface area contributed by atoms with Crippen LogP contribution in [0.2, 0.25) is 0 Å². The third-order valence-corrected chi connectivity index (χ3v) is 4.50. The largest absolute Gasteiger partial charge is 0.383 e. The lowest BCUT2D eigenvalue weighted by Gasteiger charge is -2.21.